The number of benzene rings is 2. The molecule has 1 aliphatic rings. The van der Waals surface area contributed by atoms with E-state index in [1.807, 2.05) is 24.3 Å². The topological polar surface area (TPSA) is 85.5 Å². The molecule has 0 atom stereocenters. The van der Waals surface area contributed by atoms with Crippen molar-refractivity contribution in [3.63, 3.8) is 0 Å². The van der Waals surface area contributed by atoms with Crippen LogP contribution in [0.1, 0.15) is 24.7 Å². The van der Waals surface area contributed by atoms with Gasteiger partial charge in [-0.15, -0.1) is 10.2 Å². The molecule has 0 spiro atoms. The molecular formula is C20H20ClN3O4S. The maximum atomic E-state index is 12.8. The zero-order valence-corrected chi connectivity index (χ0v) is 17.4. The summed E-state index contributed by atoms with van der Waals surface area (Å²) in [5.74, 6) is 1.76. The van der Waals surface area contributed by atoms with E-state index in [-0.39, 0.29) is 10.8 Å². The predicted molar refractivity (Wildman–Crippen MR) is 108 cm³/mol. The lowest BCUT2D eigenvalue weighted by atomic mass is 9.98. The predicted octanol–water partition coefficient (Wildman–Crippen LogP) is 3.97. The second-order valence-corrected chi connectivity index (χ2v) is 9.18. The molecule has 4 rings (SSSR count). The molecule has 3 aromatic rings. The van der Waals surface area contributed by atoms with E-state index in [2.05, 4.69) is 10.2 Å². The molecule has 152 valence electrons. The zero-order chi connectivity index (χ0) is 20.4. The first kappa shape index (κ1) is 19.9. The molecule has 2 heterocycles. The van der Waals surface area contributed by atoms with Gasteiger partial charge in [0.25, 0.3) is 0 Å². The minimum Gasteiger partial charge on any atom is -0.497 e. The fourth-order valence-electron chi connectivity index (χ4n) is 3.37. The van der Waals surface area contributed by atoms with Crippen molar-refractivity contribution in [2.24, 2.45) is 0 Å². The van der Waals surface area contributed by atoms with Gasteiger partial charge < -0.3 is 9.15 Å². The van der Waals surface area contributed by atoms with E-state index < -0.39 is 10.0 Å². The SMILES string of the molecule is COc1ccc(-c2nnc(C3CCN(S(=O)(=O)c4cccc(Cl)c4)CC3)o2)cc1. The van der Waals surface area contributed by atoms with Gasteiger partial charge in [0.15, 0.2) is 0 Å². The number of nitrogens with zero attached hydrogens (tertiary/aromatic N) is 3. The molecule has 1 fully saturated rings. The van der Waals surface area contributed by atoms with Gasteiger partial charge in [-0.2, -0.15) is 4.31 Å². The average Bonchev–Trinajstić information content (AvgIpc) is 3.24. The van der Waals surface area contributed by atoms with Crippen LogP contribution in [0.5, 0.6) is 5.75 Å². The standard InChI is InChI=1S/C20H20ClN3O4S/c1-27-17-7-5-14(6-8-17)19-22-23-20(28-19)15-9-11-24(12-10-15)29(25,26)18-4-2-3-16(21)13-18/h2-8,13,15H,9-12H2,1H3. The second kappa shape index (κ2) is 8.14. The first-order chi connectivity index (χ1) is 14.0. The Balaban J connectivity index is 1.44. The van der Waals surface area contributed by atoms with Crippen molar-refractivity contribution in [3.05, 3.63) is 59.4 Å². The third kappa shape index (κ3) is 4.14. The summed E-state index contributed by atoms with van der Waals surface area (Å²) in [6, 6.07) is 13.7. The highest BCUT2D eigenvalue weighted by atomic mass is 35.5. The van der Waals surface area contributed by atoms with Crippen molar-refractivity contribution in [1.29, 1.82) is 0 Å². The van der Waals surface area contributed by atoms with Gasteiger partial charge in [-0.3, -0.25) is 0 Å². The number of rotatable bonds is 5. The van der Waals surface area contributed by atoms with E-state index in [0.717, 1.165) is 11.3 Å². The minimum absolute atomic E-state index is 0.0281. The lowest BCUT2D eigenvalue weighted by Gasteiger charge is -2.29. The molecule has 0 aliphatic carbocycles. The van der Waals surface area contributed by atoms with Crippen LogP contribution in [-0.2, 0) is 10.0 Å². The third-order valence-corrected chi connectivity index (χ3v) is 7.14. The van der Waals surface area contributed by atoms with Gasteiger partial charge in [-0.05, 0) is 55.3 Å². The van der Waals surface area contributed by atoms with Crippen molar-refractivity contribution in [1.82, 2.24) is 14.5 Å². The van der Waals surface area contributed by atoms with Crippen LogP contribution < -0.4 is 4.74 Å². The van der Waals surface area contributed by atoms with Crippen molar-refractivity contribution in [2.75, 3.05) is 20.2 Å². The Kier molecular flexibility index (Phi) is 5.58. The Labute approximate surface area is 174 Å². The van der Waals surface area contributed by atoms with Crippen molar-refractivity contribution in [2.45, 2.75) is 23.7 Å². The first-order valence-electron chi connectivity index (χ1n) is 9.21. The van der Waals surface area contributed by atoms with Crippen LogP contribution in [0.15, 0.2) is 57.8 Å². The summed E-state index contributed by atoms with van der Waals surface area (Å²) in [4.78, 5) is 0.211. The van der Waals surface area contributed by atoms with Crippen LogP contribution in [-0.4, -0.2) is 43.1 Å². The highest BCUT2D eigenvalue weighted by molar-refractivity contribution is 7.89. The fraction of sp³-hybridized carbons (Fsp3) is 0.300. The van der Waals surface area contributed by atoms with Crippen LogP contribution in [0.3, 0.4) is 0 Å². The summed E-state index contributed by atoms with van der Waals surface area (Å²) in [7, 11) is -1.95. The Morgan fingerprint density at radius 3 is 2.48 bits per heavy atom. The number of methoxy groups -OCH3 is 1. The summed E-state index contributed by atoms with van der Waals surface area (Å²) in [6.45, 7) is 0.777. The van der Waals surface area contributed by atoms with Gasteiger partial charge in [0.2, 0.25) is 21.8 Å². The first-order valence-corrected chi connectivity index (χ1v) is 11.0. The molecular weight excluding hydrogens is 414 g/mol. The lowest BCUT2D eigenvalue weighted by molar-refractivity contribution is 0.291. The molecule has 29 heavy (non-hydrogen) atoms. The summed E-state index contributed by atoms with van der Waals surface area (Å²) >= 11 is 5.95. The Morgan fingerprint density at radius 2 is 1.83 bits per heavy atom. The number of ether oxygens (including phenoxy) is 1. The van der Waals surface area contributed by atoms with Crippen LogP contribution in [0, 0.1) is 0 Å². The van der Waals surface area contributed by atoms with Gasteiger partial charge in [0.1, 0.15) is 5.75 Å². The van der Waals surface area contributed by atoms with Gasteiger partial charge in [-0.1, -0.05) is 17.7 Å². The number of hydrogen-bond donors (Lipinski definition) is 0. The van der Waals surface area contributed by atoms with Crippen LogP contribution in [0.2, 0.25) is 5.02 Å². The van der Waals surface area contributed by atoms with E-state index in [0.29, 0.717) is 42.7 Å². The van der Waals surface area contributed by atoms with Crippen molar-refractivity contribution in [3.8, 4) is 17.2 Å². The highest BCUT2D eigenvalue weighted by Crippen LogP contribution is 2.32. The average molecular weight is 434 g/mol. The number of hydrogen-bond acceptors (Lipinski definition) is 6. The molecule has 1 aromatic heterocycles. The molecule has 9 heteroatoms. The monoisotopic (exact) mass is 433 g/mol. The lowest BCUT2D eigenvalue weighted by Crippen LogP contribution is -2.37. The molecule has 0 unspecified atom stereocenters. The van der Waals surface area contributed by atoms with E-state index in [4.69, 9.17) is 20.8 Å². The molecule has 0 saturated carbocycles. The van der Waals surface area contributed by atoms with Gasteiger partial charge >= 0.3 is 0 Å². The number of halogens is 1. The smallest absolute Gasteiger partial charge is 0.247 e. The molecule has 0 bridgehead atoms. The minimum atomic E-state index is -3.56. The second-order valence-electron chi connectivity index (χ2n) is 6.81. The molecule has 0 radical (unpaired) electrons. The van der Waals surface area contributed by atoms with Crippen molar-refractivity contribution >= 4 is 21.6 Å². The number of piperidine rings is 1. The Morgan fingerprint density at radius 1 is 1.10 bits per heavy atom. The van der Waals surface area contributed by atoms with Crippen LogP contribution >= 0.6 is 11.6 Å². The fourth-order valence-corrected chi connectivity index (χ4v) is 5.14. The number of aromatic nitrogens is 2. The Bertz CT molecular complexity index is 1090. The normalized spacial score (nSPS) is 16.1. The largest absolute Gasteiger partial charge is 0.497 e. The van der Waals surface area contributed by atoms with Crippen LogP contribution in [0.4, 0.5) is 0 Å². The Hall–Kier alpha value is -2.42. The summed E-state index contributed by atoms with van der Waals surface area (Å²) in [6.07, 6.45) is 1.23. The van der Waals surface area contributed by atoms with Gasteiger partial charge in [0.05, 0.1) is 12.0 Å². The molecule has 2 aromatic carbocycles. The number of sulfonamides is 1. The van der Waals surface area contributed by atoms with E-state index >= 15 is 0 Å². The van der Waals surface area contributed by atoms with Gasteiger partial charge in [0, 0.05) is 29.6 Å². The van der Waals surface area contributed by atoms with Crippen molar-refractivity contribution < 1.29 is 17.6 Å². The van der Waals surface area contributed by atoms with E-state index in [1.54, 1.807) is 25.3 Å². The molecule has 1 saturated heterocycles. The third-order valence-electron chi connectivity index (χ3n) is 5.01. The maximum absolute atomic E-state index is 12.8. The summed E-state index contributed by atoms with van der Waals surface area (Å²) in [5.41, 5.74) is 0.811. The molecule has 1 aliphatic heterocycles. The highest BCUT2D eigenvalue weighted by Gasteiger charge is 2.32. The van der Waals surface area contributed by atoms with Gasteiger partial charge in [-0.25, -0.2) is 8.42 Å². The summed E-state index contributed by atoms with van der Waals surface area (Å²) < 4.78 is 38.2. The van der Waals surface area contributed by atoms with Crippen LogP contribution in [0.25, 0.3) is 11.5 Å². The summed E-state index contributed by atoms with van der Waals surface area (Å²) in [5, 5.41) is 8.72. The molecule has 7 nitrogen and oxygen atoms in total. The molecule has 0 amide bonds. The zero-order valence-electron chi connectivity index (χ0n) is 15.8. The van der Waals surface area contributed by atoms with E-state index in [1.165, 1.54) is 10.4 Å². The van der Waals surface area contributed by atoms with E-state index in [9.17, 15) is 8.42 Å². The quantitative estimate of drug-likeness (QED) is 0.605. The maximum Gasteiger partial charge on any atom is 0.247 e. The molecule has 0 N–H and O–H groups in total.